The van der Waals surface area contributed by atoms with Crippen molar-refractivity contribution in [3.05, 3.63) is 57.2 Å². The van der Waals surface area contributed by atoms with E-state index < -0.39 is 0 Å². The fraction of sp³-hybridized carbons (Fsp3) is 0.188. The van der Waals surface area contributed by atoms with Gasteiger partial charge in [0, 0.05) is 16.0 Å². The molecule has 1 aliphatic carbocycles. The van der Waals surface area contributed by atoms with Gasteiger partial charge in [0.2, 0.25) is 5.95 Å². The molecule has 3 aromatic rings. The Hall–Kier alpha value is -1.56. The molecule has 1 heterocycles. The van der Waals surface area contributed by atoms with Crippen LogP contribution in [0.3, 0.4) is 0 Å². The van der Waals surface area contributed by atoms with E-state index in [4.69, 9.17) is 5.73 Å². The zero-order chi connectivity index (χ0) is 13.7. The Morgan fingerprint density at radius 2 is 2.10 bits per heavy atom. The summed E-state index contributed by atoms with van der Waals surface area (Å²) in [5.74, 6) is 1.18. The zero-order valence-electron chi connectivity index (χ0n) is 10.9. The Labute approximate surface area is 130 Å². The van der Waals surface area contributed by atoms with Crippen molar-refractivity contribution in [2.24, 2.45) is 0 Å². The first-order valence-corrected chi connectivity index (χ1v) is 7.79. The maximum atomic E-state index is 6.10. The number of nitrogens with zero attached hydrogens (tertiary/aromatic N) is 2. The first-order chi connectivity index (χ1) is 9.72. The molecular formula is C16H14IN3. The molecule has 1 aliphatic rings. The highest BCUT2D eigenvalue weighted by Gasteiger charge is 2.26. The van der Waals surface area contributed by atoms with Crippen LogP contribution in [0.5, 0.6) is 0 Å². The fourth-order valence-electron chi connectivity index (χ4n) is 3.06. The van der Waals surface area contributed by atoms with Gasteiger partial charge in [0.15, 0.2) is 0 Å². The van der Waals surface area contributed by atoms with Crippen molar-refractivity contribution in [1.82, 2.24) is 9.55 Å². The van der Waals surface area contributed by atoms with Gasteiger partial charge in [-0.1, -0.05) is 24.3 Å². The van der Waals surface area contributed by atoms with Crippen molar-refractivity contribution < 1.29 is 0 Å². The van der Waals surface area contributed by atoms with E-state index in [1.165, 1.54) is 14.7 Å². The summed E-state index contributed by atoms with van der Waals surface area (Å²) < 4.78 is 3.33. The van der Waals surface area contributed by atoms with Crippen molar-refractivity contribution in [3.8, 4) is 0 Å². The quantitative estimate of drug-likeness (QED) is 0.697. The van der Waals surface area contributed by atoms with E-state index in [0.29, 0.717) is 11.9 Å². The highest BCUT2D eigenvalue weighted by atomic mass is 127. The van der Waals surface area contributed by atoms with E-state index in [9.17, 15) is 0 Å². The van der Waals surface area contributed by atoms with Gasteiger partial charge in [-0.05, 0) is 58.3 Å². The van der Waals surface area contributed by atoms with E-state index in [-0.39, 0.29) is 0 Å². The molecule has 1 atom stereocenters. The fourth-order valence-corrected chi connectivity index (χ4v) is 3.53. The summed E-state index contributed by atoms with van der Waals surface area (Å²) in [4.78, 5) is 4.48. The molecule has 0 amide bonds. The lowest BCUT2D eigenvalue weighted by molar-refractivity contribution is 0.521. The van der Waals surface area contributed by atoms with Crippen molar-refractivity contribution in [1.29, 1.82) is 0 Å². The predicted octanol–water partition coefficient (Wildman–Crippen LogP) is 3.56. The summed E-state index contributed by atoms with van der Waals surface area (Å²) in [6.07, 6.45) is 1.14. The zero-order valence-corrected chi connectivity index (χ0v) is 13.0. The summed E-state index contributed by atoms with van der Waals surface area (Å²) >= 11 is 2.30. The van der Waals surface area contributed by atoms with Crippen LogP contribution in [0.15, 0.2) is 42.5 Å². The first-order valence-electron chi connectivity index (χ1n) is 6.71. The average molecular weight is 375 g/mol. The van der Waals surface area contributed by atoms with Crippen LogP contribution in [0.4, 0.5) is 5.95 Å². The number of hydrogen-bond donors (Lipinski definition) is 1. The molecule has 3 nitrogen and oxygen atoms in total. The summed E-state index contributed by atoms with van der Waals surface area (Å²) in [5.41, 5.74) is 11.1. The van der Waals surface area contributed by atoms with Gasteiger partial charge in [-0.3, -0.25) is 0 Å². The summed E-state index contributed by atoms with van der Waals surface area (Å²) in [5, 5.41) is 0. The minimum Gasteiger partial charge on any atom is -0.369 e. The van der Waals surface area contributed by atoms with Crippen molar-refractivity contribution in [3.63, 3.8) is 0 Å². The van der Waals surface area contributed by atoms with Gasteiger partial charge in [-0.25, -0.2) is 4.98 Å². The van der Waals surface area contributed by atoms with Crippen LogP contribution < -0.4 is 5.73 Å². The van der Waals surface area contributed by atoms with E-state index >= 15 is 0 Å². The first kappa shape index (κ1) is 12.2. The van der Waals surface area contributed by atoms with Crippen LogP contribution in [0.2, 0.25) is 0 Å². The monoisotopic (exact) mass is 375 g/mol. The highest BCUT2D eigenvalue weighted by molar-refractivity contribution is 14.1. The third-order valence-electron chi connectivity index (χ3n) is 4.10. The number of aromatic nitrogens is 2. The van der Waals surface area contributed by atoms with E-state index in [1.54, 1.807) is 0 Å². The molecule has 1 aromatic heterocycles. The SMILES string of the molecule is Nc1nc2cc(I)ccc2n1CC1Cc2ccccc21. The van der Waals surface area contributed by atoms with Crippen LogP contribution >= 0.6 is 22.6 Å². The molecule has 0 saturated carbocycles. The largest absolute Gasteiger partial charge is 0.369 e. The third-order valence-corrected chi connectivity index (χ3v) is 4.77. The molecule has 0 saturated heterocycles. The Balaban J connectivity index is 1.72. The molecule has 2 aromatic carbocycles. The lowest BCUT2D eigenvalue weighted by atomic mass is 9.77. The molecule has 0 fully saturated rings. The van der Waals surface area contributed by atoms with Gasteiger partial charge in [-0.15, -0.1) is 0 Å². The second-order valence-corrected chi connectivity index (χ2v) is 6.56. The summed E-state index contributed by atoms with van der Waals surface area (Å²) in [7, 11) is 0. The molecule has 0 aliphatic heterocycles. The number of halogens is 1. The third kappa shape index (κ3) is 1.82. The molecule has 100 valence electrons. The molecule has 4 heteroatoms. The van der Waals surface area contributed by atoms with Gasteiger partial charge >= 0.3 is 0 Å². The molecule has 0 radical (unpaired) electrons. The van der Waals surface area contributed by atoms with E-state index in [2.05, 4.69) is 74.6 Å². The van der Waals surface area contributed by atoms with Gasteiger partial charge in [0.25, 0.3) is 0 Å². The highest BCUT2D eigenvalue weighted by Crippen LogP contribution is 2.37. The number of rotatable bonds is 2. The maximum absolute atomic E-state index is 6.10. The van der Waals surface area contributed by atoms with Gasteiger partial charge < -0.3 is 10.3 Å². The number of imidazole rings is 1. The Bertz CT molecular complexity index is 807. The van der Waals surface area contributed by atoms with E-state index in [1.807, 2.05) is 0 Å². The number of anilines is 1. The number of nitrogens with two attached hydrogens (primary N) is 1. The second-order valence-electron chi connectivity index (χ2n) is 5.31. The lowest BCUT2D eigenvalue weighted by Gasteiger charge is -2.30. The average Bonchev–Trinajstić information content (AvgIpc) is 2.71. The lowest BCUT2D eigenvalue weighted by Crippen LogP contribution is -2.22. The van der Waals surface area contributed by atoms with Crippen LogP contribution in [-0.2, 0) is 13.0 Å². The molecule has 0 spiro atoms. The summed E-state index contributed by atoms with van der Waals surface area (Å²) in [6, 6.07) is 15.0. The Morgan fingerprint density at radius 3 is 2.95 bits per heavy atom. The van der Waals surface area contributed by atoms with Gasteiger partial charge in [0.05, 0.1) is 11.0 Å². The second kappa shape index (κ2) is 4.48. The molecule has 20 heavy (non-hydrogen) atoms. The Kier molecular flexibility index (Phi) is 2.73. The van der Waals surface area contributed by atoms with Crippen LogP contribution in [-0.4, -0.2) is 9.55 Å². The topological polar surface area (TPSA) is 43.8 Å². The predicted molar refractivity (Wildman–Crippen MR) is 89.7 cm³/mol. The molecule has 1 unspecified atom stereocenters. The number of fused-ring (bicyclic) bond motifs is 2. The molecule has 0 bridgehead atoms. The summed E-state index contributed by atoms with van der Waals surface area (Å²) in [6.45, 7) is 0.917. The maximum Gasteiger partial charge on any atom is 0.201 e. The molecule has 2 N–H and O–H groups in total. The molecule has 4 rings (SSSR count). The van der Waals surface area contributed by atoms with Crippen molar-refractivity contribution in [2.45, 2.75) is 18.9 Å². The van der Waals surface area contributed by atoms with Gasteiger partial charge in [0.1, 0.15) is 0 Å². The minimum atomic E-state index is 0.560. The van der Waals surface area contributed by atoms with E-state index in [0.717, 1.165) is 24.0 Å². The number of benzene rings is 2. The standard InChI is InChI=1S/C16H14IN3/c17-12-5-6-15-14(8-12)19-16(18)20(15)9-11-7-10-3-1-2-4-13(10)11/h1-6,8,11H,7,9H2,(H2,18,19). The van der Waals surface area contributed by atoms with Crippen LogP contribution in [0.25, 0.3) is 11.0 Å². The van der Waals surface area contributed by atoms with Crippen LogP contribution in [0.1, 0.15) is 17.0 Å². The Morgan fingerprint density at radius 1 is 1.25 bits per heavy atom. The molecular weight excluding hydrogens is 361 g/mol. The number of nitrogen functional groups attached to an aromatic ring is 1. The van der Waals surface area contributed by atoms with Crippen molar-refractivity contribution in [2.75, 3.05) is 5.73 Å². The van der Waals surface area contributed by atoms with Crippen molar-refractivity contribution >= 4 is 39.6 Å². The normalized spacial score (nSPS) is 16.9. The minimum absolute atomic E-state index is 0.560. The van der Waals surface area contributed by atoms with Gasteiger partial charge in [-0.2, -0.15) is 0 Å². The van der Waals surface area contributed by atoms with Crippen LogP contribution in [0, 0.1) is 3.57 Å². The smallest absolute Gasteiger partial charge is 0.201 e. The number of hydrogen-bond acceptors (Lipinski definition) is 2.